The first kappa shape index (κ1) is 16.1. The number of nitrogens with zero attached hydrogens (tertiary/aromatic N) is 3. The fourth-order valence-corrected chi connectivity index (χ4v) is 2.63. The van der Waals surface area contributed by atoms with Gasteiger partial charge in [0.1, 0.15) is 23.7 Å². The van der Waals surface area contributed by atoms with Crippen molar-refractivity contribution in [2.45, 2.75) is 33.0 Å². The van der Waals surface area contributed by atoms with Crippen LogP contribution in [0, 0.1) is 12.7 Å². The molecule has 3 N–H and O–H groups in total. The summed E-state index contributed by atoms with van der Waals surface area (Å²) >= 11 is 0. The molecule has 126 valence electrons. The fraction of sp³-hybridized carbons (Fsp3) is 0.312. The van der Waals surface area contributed by atoms with E-state index in [2.05, 4.69) is 15.6 Å². The van der Waals surface area contributed by atoms with E-state index in [1.807, 2.05) is 13.8 Å². The quantitative estimate of drug-likeness (QED) is 0.743. The largest absolute Gasteiger partial charge is 0.459 e. The van der Waals surface area contributed by atoms with Crippen LogP contribution in [0.1, 0.15) is 30.0 Å². The lowest BCUT2D eigenvalue weighted by atomic mass is 10.1. The number of amides is 1. The molecule has 0 aliphatic carbocycles. The summed E-state index contributed by atoms with van der Waals surface area (Å²) in [6.45, 7) is 3.96. The average molecular weight is 331 g/mol. The Hall–Kier alpha value is -2.74. The van der Waals surface area contributed by atoms with Gasteiger partial charge in [0.15, 0.2) is 0 Å². The number of benzene rings is 1. The van der Waals surface area contributed by atoms with E-state index >= 15 is 0 Å². The Morgan fingerprint density at radius 1 is 1.50 bits per heavy atom. The second kappa shape index (κ2) is 6.40. The van der Waals surface area contributed by atoms with Crippen LogP contribution < -0.4 is 11.1 Å². The predicted molar refractivity (Wildman–Crippen MR) is 85.4 cm³/mol. The topological polar surface area (TPSA) is 99.0 Å². The van der Waals surface area contributed by atoms with Crippen LogP contribution in [0.5, 0.6) is 0 Å². The molecule has 24 heavy (non-hydrogen) atoms. The first-order valence-electron chi connectivity index (χ1n) is 7.55. The maximum Gasteiger partial charge on any atom is 0.242 e. The zero-order valence-electron chi connectivity index (χ0n) is 13.4. The van der Waals surface area contributed by atoms with E-state index in [1.54, 1.807) is 12.3 Å². The summed E-state index contributed by atoms with van der Waals surface area (Å²) in [4.78, 5) is 12.1. The summed E-state index contributed by atoms with van der Waals surface area (Å²) in [5.74, 6) is 0.0451. The van der Waals surface area contributed by atoms with Gasteiger partial charge in [-0.25, -0.2) is 9.07 Å². The second-order valence-corrected chi connectivity index (χ2v) is 5.63. The van der Waals surface area contributed by atoms with Gasteiger partial charge in [0.2, 0.25) is 5.91 Å². The number of halogens is 1. The monoisotopic (exact) mass is 331 g/mol. The van der Waals surface area contributed by atoms with E-state index in [4.69, 9.17) is 10.2 Å². The molecule has 8 heteroatoms. The third kappa shape index (κ3) is 3.13. The molecule has 0 spiro atoms. The van der Waals surface area contributed by atoms with Gasteiger partial charge in [0, 0.05) is 17.5 Å². The van der Waals surface area contributed by atoms with E-state index < -0.39 is 0 Å². The minimum Gasteiger partial charge on any atom is -0.459 e. The minimum atomic E-state index is -0.356. The first-order chi connectivity index (χ1) is 11.5. The van der Waals surface area contributed by atoms with Crippen LogP contribution >= 0.6 is 0 Å². The van der Waals surface area contributed by atoms with Crippen molar-refractivity contribution in [3.8, 4) is 0 Å². The summed E-state index contributed by atoms with van der Waals surface area (Å²) in [7, 11) is 0. The van der Waals surface area contributed by atoms with Gasteiger partial charge in [-0.2, -0.15) is 0 Å². The smallest absolute Gasteiger partial charge is 0.242 e. The molecule has 3 aromatic rings. The molecule has 1 aromatic carbocycles. The molecule has 0 fully saturated rings. The van der Waals surface area contributed by atoms with Crippen LogP contribution in [-0.4, -0.2) is 20.9 Å². The van der Waals surface area contributed by atoms with Crippen molar-refractivity contribution in [3.05, 3.63) is 47.2 Å². The molecule has 1 amide bonds. The van der Waals surface area contributed by atoms with E-state index in [0.29, 0.717) is 22.4 Å². The number of fused-ring (bicyclic) bond motifs is 1. The Balaban J connectivity index is 1.73. The number of carbonyl (C=O) groups is 1. The van der Waals surface area contributed by atoms with Crippen LogP contribution in [0.4, 0.5) is 4.39 Å². The third-order valence-electron chi connectivity index (χ3n) is 3.81. The van der Waals surface area contributed by atoms with Crippen LogP contribution in [0.15, 0.2) is 28.8 Å². The zero-order chi connectivity index (χ0) is 17.3. The van der Waals surface area contributed by atoms with Crippen LogP contribution in [0.2, 0.25) is 0 Å². The molecule has 1 unspecified atom stereocenters. The molecule has 7 nitrogen and oxygen atoms in total. The molecule has 0 saturated carbocycles. The number of nitrogens with one attached hydrogen (secondary N) is 1. The minimum absolute atomic E-state index is 0.0330. The highest BCUT2D eigenvalue weighted by atomic mass is 19.1. The number of furan rings is 1. The predicted octanol–water partition coefficient (Wildman–Crippen LogP) is 1.81. The lowest BCUT2D eigenvalue weighted by molar-refractivity contribution is -0.122. The summed E-state index contributed by atoms with van der Waals surface area (Å²) < 4.78 is 20.6. The van der Waals surface area contributed by atoms with Crippen molar-refractivity contribution in [1.82, 2.24) is 20.3 Å². The maximum absolute atomic E-state index is 13.4. The van der Waals surface area contributed by atoms with Crippen molar-refractivity contribution in [2.24, 2.45) is 5.73 Å². The van der Waals surface area contributed by atoms with Crippen molar-refractivity contribution >= 4 is 16.9 Å². The summed E-state index contributed by atoms with van der Waals surface area (Å²) in [5.41, 5.74) is 7.48. The van der Waals surface area contributed by atoms with Crippen LogP contribution in [-0.2, 0) is 17.9 Å². The van der Waals surface area contributed by atoms with Gasteiger partial charge >= 0.3 is 0 Å². The zero-order valence-corrected chi connectivity index (χ0v) is 13.4. The normalized spacial score (nSPS) is 12.5. The Bertz CT molecular complexity index is 886. The van der Waals surface area contributed by atoms with E-state index in [-0.39, 0.29) is 30.9 Å². The Morgan fingerprint density at radius 2 is 2.29 bits per heavy atom. The second-order valence-electron chi connectivity index (χ2n) is 5.63. The van der Waals surface area contributed by atoms with Gasteiger partial charge in [-0.05, 0) is 32.0 Å². The van der Waals surface area contributed by atoms with E-state index in [0.717, 1.165) is 5.56 Å². The number of hydrogen-bond donors (Lipinski definition) is 2. The van der Waals surface area contributed by atoms with Gasteiger partial charge in [-0.15, -0.1) is 5.10 Å². The molecule has 0 radical (unpaired) electrons. The van der Waals surface area contributed by atoms with Crippen LogP contribution in [0.25, 0.3) is 11.0 Å². The lowest BCUT2D eigenvalue weighted by Gasteiger charge is -2.12. The molecule has 2 aromatic heterocycles. The number of aryl methyl sites for hydroxylation is 1. The summed E-state index contributed by atoms with van der Waals surface area (Å²) in [6, 6.07) is 4.00. The first-order valence-corrected chi connectivity index (χ1v) is 7.55. The summed E-state index contributed by atoms with van der Waals surface area (Å²) in [6.07, 6.45) is 1.62. The van der Waals surface area contributed by atoms with Crippen molar-refractivity contribution in [2.75, 3.05) is 0 Å². The third-order valence-corrected chi connectivity index (χ3v) is 3.81. The molecule has 1 atom stereocenters. The average Bonchev–Trinajstić information content (AvgIpc) is 3.12. The van der Waals surface area contributed by atoms with Gasteiger partial charge in [0.25, 0.3) is 0 Å². The highest BCUT2D eigenvalue weighted by Gasteiger charge is 2.19. The molecular weight excluding hydrogens is 313 g/mol. The molecule has 0 bridgehead atoms. The number of hydrogen-bond acceptors (Lipinski definition) is 5. The van der Waals surface area contributed by atoms with E-state index in [1.165, 1.54) is 16.8 Å². The Kier molecular flexibility index (Phi) is 4.30. The number of carbonyl (C=O) groups excluding carboxylic acids is 1. The lowest BCUT2D eigenvalue weighted by Crippen LogP contribution is -2.30. The molecule has 0 aliphatic heterocycles. The maximum atomic E-state index is 13.4. The molecule has 2 heterocycles. The molecule has 3 rings (SSSR count). The van der Waals surface area contributed by atoms with Gasteiger partial charge in [-0.3, -0.25) is 4.79 Å². The van der Waals surface area contributed by atoms with Crippen LogP contribution in [0.3, 0.4) is 0 Å². The van der Waals surface area contributed by atoms with Gasteiger partial charge in [-0.1, -0.05) is 5.21 Å². The SMILES string of the molecule is Cc1c(C(C)NC(=O)Cn2cc(CN)nn2)oc2ccc(F)cc12. The van der Waals surface area contributed by atoms with Crippen molar-refractivity contribution in [1.29, 1.82) is 0 Å². The number of nitrogens with two attached hydrogens (primary N) is 1. The summed E-state index contributed by atoms with van der Waals surface area (Å²) in [5, 5.41) is 11.2. The van der Waals surface area contributed by atoms with Crippen molar-refractivity contribution in [3.63, 3.8) is 0 Å². The molecular formula is C16H18FN5O2. The molecule has 0 aliphatic rings. The number of aromatic nitrogens is 3. The Morgan fingerprint density at radius 3 is 3.00 bits per heavy atom. The standard InChI is InChI=1S/C16H18FN5O2/c1-9-13-5-11(17)3-4-14(13)24-16(9)10(2)19-15(23)8-22-7-12(6-18)20-21-22/h3-5,7,10H,6,8,18H2,1-2H3,(H,19,23). The van der Waals surface area contributed by atoms with Gasteiger partial charge in [0.05, 0.1) is 17.9 Å². The Labute approximate surface area is 137 Å². The van der Waals surface area contributed by atoms with E-state index in [9.17, 15) is 9.18 Å². The molecule has 0 saturated heterocycles. The highest BCUT2D eigenvalue weighted by molar-refractivity contribution is 5.82. The highest BCUT2D eigenvalue weighted by Crippen LogP contribution is 2.29. The van der Waals surface area contributed by atoms with Crippen molar-refractivity contribution < 1.29 is 13.6 Å². The number of rotatable bonds is 5. The fourth-order valence-electron chi connectivity index (χ4n) is 2.63. The van der Waals surface area contributed by atoms with Gasteiger partial charge < -0.3 is 15.5 Å².